The van der Waals surface area contributed by atoms with Crippen LogP contribution in [0.25, 0.3) is 11.0 Å². The van der Waals surface area contributed by atoms with Crippen molar-refractivity contribution in [3.63, 3.8) is 0 Å². The van der Waals surface area contributed by atoms with E-state index in [0.717, 1.165) is 30.5 Å². The van der Waals surface area contributed by atoms with Crippen molar-refractivity contribution in [2.75, 3.05) is 13.6 Å². The summed E-state index contributed by atoms with van der Waals surface area (Å²) in [6.07, 6.45) is 3.62. The minimum Gasteiger partial charge on any atom is -0.320 e. The molecule has 0 bridgehead atoms. The topological polar surface area (TPSA) is 42.7 Å². The normalized spacial score (nSPS) is 11.1. The number of unbranched alkanes of at least 4 members (excludes halogenated alkanes) is 2. The van der Waals surface area contributed by atoms with Gasteiger partial charge in [-0.1, -0.05) is 23.8 Å². The molecule has 0 amide bonds. The third-order valence-corrected chi connectivity index (χ3v) is 2.72. The predicted molar refractivity (Wildman–Crippen MR) is 65.3 cm³/mol. The lowest BCUT2D eigenvalue weighted by Crippen LogP contribution is -2.08. The van der Waals surface area contributed by atoms with E-state index in [2.05, 4.69) is 21.7 Å². The summed E-state index contributed by atoms with van der Waals surface area (Å²) in [7, 11) is 1.99. The maximum Gasteiger partial charge on any atom is 0.113 e. The van der Waals surface area contributed by atoms with Gasteiger partial charge in [-0.3, -0.25) is 0 Å². The number of hydrogen-bond acceptors (Lipinski definition) is 3. The SMILES string of the molecule is CNCCCCCn1nnc2ccccc21. The molecule has 16 heavy (non-hydrogen) atoms. The summed E-state index contributed by atoms with van der Waals surface area (Å²) in [5.41, 5.74) is 2.12. The predicted octanol–water partition coefficient (Wildman–Crippen LogP) is 1.82. The zero-order chi connectivity index (χ0) is 11.2. The average Bonchev–Trinajstić information content (AvgIpc) is 2.73. The first kappa shape index (κ1) is 11.1. The number of rotatable bonds is 6. The first-order chi connectivity index (χ1) is 7.92. The van der Waals surface area contributed by atoms with E-state index in [9.17, 15) is 0 Å². The van der Waals surface area contributed by atoms with E-state index >= 15 is 0 Å². The van der Waals surface area contributed by atoms with Crippen LogP contribution in [0.15, 0.2) is 24.3 Å². The first-order valence-electron chi connectivity index (χ1n) is 5.84. The Morgan fingerprint density at radius 2 is 2.06 bits per heavy atom. The van der Waals surface area contributed by atoms with Crippen molar-refractivity contribution in [2.45, 2.75) is 25.8 Å². The molecule has 2 aromatic rings. The number of nitrogens with one attached hydrogen (secondary N) is 1. The van der Waals surface area contributed by atoms with Gasteiger partial charge in [0.15, 0.2) is 0 Å². The molecule has 0 spiro atoms. The quantitative estimate of drug-likeness (QED) is 0.752. The van der Waals surface area contributed by atoms with Crippen molar-refractivity contribution < 1.29 is 0 Å². The Kier molecular flexibility index (Phi) is 3.88. The van der Waals surface area contributed by atoms with Crippen molar-refractivity contribution >= 4 is 11.0 Å². The Balaban J connectivity index is 1.89. The second-order valence-electron chi connectivity index (χ2n) is 3.97. The van der Waals surface area contributed by atoms with Crippen LogP contribution in [0.1, 0.15) is 19.3 Å². The van der Waals surface area contributed by atoms with Crippen molar-refractivity contribution in [1.29, 1.82) is 0 Å². The number of benzene rings is 1. The van der Waals surface area contributed by atoms with E-state index in [1.165, 1.54) is 12.8 Å². The summed E-state index contributed by atoms with van der Waals surface area (Å²) in [6, 6.07) is 8.10. The number of aromatic nitrogens is 3. The molecule has 0 fully saturated rings. The Labute approximate surface area is 95.6 Å². The highest BCUT2D eigenvalue weighted by Crippen LogP contribution is 2.10. The smallest absolute Gasteiger partial charge is 0.113 e. The van der Waals surface area contributed by atoms with Gasteiger partial charge in [0.05, 0.1) is 5.52 Å². The van der Waals surface area contributed by atoms with Gasteiger partial charge in [-0.05, 0) is 38.6 Å². The lowest BCUT2D eigenvalue weighted by Gasteiger charge is -2.02. The summed E-state index contributed by atoms with van der Waals surface area (Å²) in [4.78, 5) is 0. The van der Waals surface area contributed by atoms with Crippen LogP contribution < -0.4 is 5.32 Å². The first-order valence-corrected chi connectivity index (χ1v) is 5.84. The number of fused-ring (bicyclic) bond motifs is 1. The van der Waals surface area contributed by atoms with Gasteiger partial charge in [-0.2, -0.15) is 0 Å². The highest BCUT2D eigenvalue weighted by molar-refractivity contribution is 5.73. The highest BCUT2D eigenvalue weighted by Gasteiger charge is 2.01. The van der Waals surface area contributed by atoms with Crippen LogP contribution in [0.4, 0.5) is 0 Å². The van der Waals surface area contributed by atoms with Crippen molar-refractivity contribution in [1.82, 2.24) is 20.3 Å². The molecule has 0 atom stereocenters. The van der Waals surface area contributed by atoms with Crippen LogP contribution in [-0.2, 0) is 6.54 Å². The van der Waals surface area contributed by atoms with Gasteiger partial charge in [0, 0.05) is 6.54 Å². The van der Waals surface area contributed by atoms with E-state index in [1.54, 1.807) is 0 Å². The van der Waals surface area contributed by atoms with Gasteiger partial charge in [-0.25, -0.2) is 4.68 Å². The molecule has 0 aliphatic heterocycles. The van der Waals surface area contributed by atoms with E-state index in [-0.39, 0.29) is 0 Å². The average molecular weight is 218 g/mol. The molecular formula is C12H18N4. The molecule has 1 aromatic heterocycles. The minimum absolute atomic E-state index is 0.963. The maximum atomic E-state index is 4.16. The van der Waals surface area contributed by atoms with Crippen LogP contribution in [-0.4, -0.2) is 28.6 Å². The van der Waals surface area contributed by atoms with E-state index in [1.807, 2.05) is 29.9 Å². The second kappa shape index (κ2) is 5.61. The summed E-state index contributed by atoms with van der Waals surface area (Å²) >= 11 is 0. The second-order valence-corrected chi connectivity index (χ2v) is 3.97. The lowest BCUT2D eigenvalue weighted by molar-refractivity contribution is 0.536. The molecule has 1 aromatic carbocycles. The Morgan fingerprint density at radius 3 is 2.94 bits per heavy atom. The Morgan fingerprint density at radius 1 is 1.19 bits per heavy atom. The van der Waals surface area contributed by atoms with Crippen LogP contribution in [0, 0.1) is 0 Å². The summed E-state index contributed by atoms with van der Waals surface area (Å²) in [5.74, 6) is 0. The highest BCUT2D eigenvalue weighted by atomic mass is 15.4. The number of aryl methyl sites for hydroxylation is 1. The zero-order valence-corrected chi connectivity index (χ0v) is 9.69. The lowest BCUT2D eigenvalue weighted by atomic mass is 10.2. The molecule has 4 heteroatoms. The fourth-order valence-corrected chi connectivity index (χ4v) is 1.82. The molecule has 4 nitrogen and oxygen atoms in total. The molecule has 0 saturated heterocycles. The van der Waals surface area contributed by atoms with Gasteiger partial charge in [0.2, 0.25) is 0 Å². The van der Waals surface area contributed by atoms with Crippen LogP contribution in [0.2, 0.25) is 0 Å². The summed E-state index contributed by atoms with van der Waals surface area (Å²) in [5, 5.41) is 11.5. The van der Waals surface area contributed by atoms with Crippen molar-refractivity contribution in [3.8, 4) is 0 Å². The summed E-state index contributed by atoms with van der Waals surface area (Å²) in [6.45, 7) is 2.06. The van der Waals surface area contributed by atoms with Crippen molar-refractivity contribution in [2.24, 2.45) is 0 Å². The van der Waals surface area contributed by atoms with Gasteiger partial charge in [-0.15, -0.1) is 5.10 Å². The number of nitrogens with zero attached hydrogens (tertiary/aromatic N) is 3. The Hall–Kier alpha value is -1.42. The van der Waals surface area contributed by atoms with Crippen LogP contribution in [0.5, 0.6) is 0 Å². The van der Waals surface area contributed by atoms with Crippen LogP contribution >= 0.6 is 0 Å². The Bertz CT molecular complexity index is 435. The van der Waals surface area contributed by atoms with E-state index < -0.39 is 0 Å². The van der Waals surface area contributed by atoms with E-state index in [4.69, 9.17) is 0 Å². The molecule has 0 saturated carbocycles. The van der Waals surface area contributed by atoms with Gasteiger partial charge in [0.25, 0.3) is 0 Å². The third kappa shape index (κ3) is 2.58. The number of hydrogen-bond donors (Lipinski definition) is 1. The van der Waals surface area contributed by atoms with Gasteiger partial charge in [0.1, 0.15) is 5.52 Å². The monoisotopic (exact) mass is 218 g/mol. The fraction of sp³-hybridized carbons (Fsp3) is 0.500. The van der Waals surface area contributed by atoms with Crippen LogP contribution in [0.3, 0.4) is 0 Å². The molecule has 0 aliphatic carbocycles. The minimum atomic E-state index is 0.963. The maximum absolute atomic E-state index is 4.16. The van der Waals surface area contributed by atoms with Gasteiger partial charge >= 0.3 is 0 Å². The fourth-order valence-electron chi connectivity index (χ4n) is 1.82. The number of para-hydroxylation sites is 1. The molecule has 0 aliphatic rings. The largest absolute Gasteiger partial charge is 0.320 e. The molecule has 2 rings (SSSR count). The van der Waals surface area contributed by atoms with Crippen molar-refractivity contribution in [3.05, 3.63) is 24.3 Å². The molecular weight excluding hydrogens is 200 g/mol. The third-order valence-electron chi connectivity index (χ3n) is 2.72. The molecule has 1 heterocycles. The molecule has 0 unspecified atom stereocenters. The molecule has 0 radical (unpaired) electrons. The molecule has 1 N–H and O–H groups in total. The van der Waals surface area contributed by atoms with E-state index in [0.29, 0.717) is 0 Å². The van der Waals surface area contributed by atoms with Gasteiger partial charge < -0.3 is 5.32 Å². The standard InChI is InChI=1S/C12H18N4/c1-13-9-5-2-6-10-16-12-8-4-3-7-11(12)14-15-16/h3-4,7-8,13H,2,5-6,9-10H2,1H3. The zero-order valence-electron chi connectivity index (χ0n) is 9.69. The summed E-state index contributed by atoms with van der Waals surface area (Å²) < 4.78 is 1.99. The molecule has 86 valence electrons.